The zero-order chi connectivity index (χ0) is 18.2. The zero-order valence-electron chi connectivity index (χ0n) is 14.1. The molecule has 0 heterocycles. The van der Waals surface area contributed by atoms with Crippen molar-refractivity contribution >= 4 is 17.5 Å². The Morgan fingerprint density at radius 2 is 2.00 bits per heavy atom. The Morgan fingerprint density at radius 1 is 1.28 bits per heavy atom. The molecule has 2 atom stereocenters. The molecule has 0 aromatic heterocycles. The number of rotatable bonds is 9. The quantitative estimate of drug-likeness (QED) is 0.639. The molecule has 0 saturated carbocycles. The first kappa shape index (κ1) is 19.2. The maximum atomic E-state index is 10.7. The second-order valence-corrected chi connectivity index (χ2v) is 6.42. The summed E-state index contributed by atoms with van der Waals surface area (Å²) in [6.07, 6.45) is 0.198. The fraction of sp³-hybridized carbons (Fsp3) is 0.316. The lowest BCUT2D eigenvalue weighted by atomic mass is 10.1. The molecule has 4 N–H and O–H groups in total. The summed E-state index contributed by atoms with van der Waals surface area (Å²) in [4.78, 5) is 10.7. The van der Waals surface area contributed by atoms with Crippen molar-refractivity contribution in [3.05, 3.63) is 64.7 Å². The first-order chi connectivity index (χ1) is 11.9. The van der Waals surface area contributed by atoms with E-state index in [1.165, 1.54) is 0 Å². The van der Waals surface area contributed by atoms with Crippen molar-refractivity contribution in [1.82, 2.24) is 5.32 Å². The third-order valence-corrected chi connectivity index (χ3v) is 3.97. The molecule has 25 heavy (non-hydrogen) atoms. The van der Waals surface area contributed by atoms with Gasteiger partial charge in [0.1, 0.15) is 5.75 Å². The van der Waals surface area contributed by atoms with E-state index >= 15 is 0 Å². The molecule has 2 aromatic carbocycles. The molecule has 0 radical (unpaired) electrons. The van der Waals surface area contributed by atoms with Gasteiger partial charge in [0.25, 0.3) is 5.91 Å². The number of amides is 1. The summed E-state index contributed by atoms with van der Waals surface area (Å²) >= 11 is 5.94. The maximum absolute atomic E-state index is 10.7. The molecule has 5 nitrogen and oxygen atoms in total. The van der Waals surface area contributed by atoms with Crippen molar-refractivity contribution in [1.29, 1.82) is 0 Å². The van der Waals surface area contributed by atoms with Crippen LogP contribution in [0.2, 0.25) is 5.02 Å². The van der Waals surface area contributed by atoms with Gasteiger partial charge in [-0.1, -0.05) is 35.9 Å². The molecule has 134 valence electrons. The molecule has 2 rings (SSSR count). The topological polar surface area (TPSA) is 84.6 Å². The van der Waals surface area contributed by atoms with Crippen LogP contribution in [0, 0.1) is 0 Å². The number of aliphatic hydroxyl groups excluding tert-OH is 1. The molecule has 0 bridgehead atoms. The third kappa shape index (κ3) is 6.74. The van der Waals surface area contributed by atoms with Gasteiger partial charge in [0.15, 0.2) is 6.61 Å². The molecule has 6 heteroatoms. The Balaban J connectivity index is 1.79. The van der Waals surface area contributed by atoms with Crippen LogP contribution >= 0.6 is 11.6 Å². The molecule has 0 fully saturated rings. The van der Waals surface area contributed by atoms with Gasteiger partial charge < -0.3 is 20.9 Å². The van der Waals surface area contributed by atoms with Crippen molar-refractivity contribution in [2.45, 2.75) is 25.5 Å². The van der Waals surface area contributed by atoms with Crippen molar-refractivity contribution in [3.63, 3.8) is 0 Å². The molecule has 0 spiro atoms. The van der Waals surface area contributed by atoms with Crippen LogP contribution in [0.5, 0.6) is 5.75 Å². The highest BCUT2D eigenvalue weighted by Gasteiger charge is 2.10. The Labute approximate surface area is 152 Å². The number of aliphatic hydroxyl groups is 1. The summed E-state index contributed by atoms with van der Waals surface area (Å²) in [6, 6.07) is 14.9. The summed E-state index contributed by atoms with van der Waals surface area (Å²) in [5.41, 5.74) is 6.97. The van der Waals surface area contributed by atoms with Crippen LogP contribution in [0.15, 0.2) is 48.5 Å². The highest BCUT2D eigenvalue weighted by atomic mass is 35.5. The van der Waals surface area contributed by atoms with Crippen LogP contribution in [-0.4, -0.2) is 30.2 Å². The van der Waals surface area contributed by atoms with Crippen LogP contribution in [0.4, 0.5) is 0 Å². The van der Waals surface area contributed by atoms with Crippen molar-refractivity contribution < 1.29 is 14.6 Å². The highest BCUT2D eigenvalue weighted by Crippen LogP contribution is 2.17. The number of halogens is 1. The average molecular weight is 363 g/mol. The Morgan fingerprint density at radius 3 is 2.64 bits per heavy atom. The molecule has 2 aromatic rings. The molecule has 1 amide bonds. The molecule has 0 saturated heterocycles. The first-order valence-electron chi connectivity index (χ1n) is 8.11. The second kappa shape index (κ2) is 9.42. The highest BCUT2D eigenvalue weighted by molar-refractivity contribution is 6.30. The van der Waals surface area contributed by atoms with Crippen LogP contribution in [-0.2, 0) is 11.2 Å². The van der Waals surface area contributed by atoms with Crippen LogP contribution in [0.3, 0.4) is 0 Å². The van der Waals surface area contributed by atoms with Crippen LogP contribution in [0.1, 0.15) is 24.2 Å². The minimum Gasteiger partial charge on any atom is -0.484 e. The van der Waals surface area contributed by atoms with Gasteiger partial charge >= 0.3 is 0 Å². The molecule has 0 aliphatic heterocycles. The standard InChI is InChI=1S/C19H23ClN2O3/c1-13(22-11-18(23)15-3-2-4-16(20)10-15)9-14-5-7-17(8-6-14)25-12-19(21)24/h2-8,10,13,18,22-23H,9,11-12H2,1H3,(H2,21,24). The number of benzene rings is 2. The number of primary amides is 1. The number of ether oxygens (including phenoxy) is 1. The Hall–Kier alpha value is -2.08. The monoisotopic (exact) mass is 362 g/mol. The van der Waals surface area contributed by atoms with E-state index in [2.05, 4.69) is 12.2 Å². The molecule has 0 aliphatic carbocycles. The maximum Gasteiger partial charge on any atom is 0.255 e. The van der Waals surface area contributed by atoms with E-state index in [1.807, 2.05) is 36.4 Å². The average Bonchev–Trinajstić information content (AvgIpc) is 2.59. The van der Waals surface area contributed by atoms with Crippen molar-refractivity contribution in [2.75, 3.05) is 13.2 Å². The largest absolute Gasteiger partial charge is 0.484 e. The number of carbonyl (C=O) groups is 1. The summed E-state index contributed by atoms with van der Waals surface area (Å²) in [5, 5.41) is 14.2. The van der Waals surface area contributed by atoms with Gasteiger partial charge in [-0.05, 0) is 48.7 Å². The van der Waals surface area contributed by atoms with Gasteiger partial charge in [-0.15, -0.1) is 0 Å². The predicted octanol–water partition coefficient (Wildman–Crippen LogP) is 2.46. The van der Waals surface area contributed by atoms with E-state index < -0.39 is 12.0 Å². The van der Waals surface area contributed by atoms with Crippen LogP contribution < -0.4 is 15.8 Å². The normalized spacial score (nSPS) is 13.2. The van der Waals surface area contributed by atoms with Gasteiger partial charge in [-0.25, -0.2) is 0 Å². The van der Waals surface area contributed by atoms with E-state index in [0.717, 1.165) is 17.5 Å². The van der Waals surface area contributed by atoms with E-state index in [-0.39, 0.29) is 12.6 Å². The number of hydrogen-bond donors (Lipinski definition) is 3. The van der Waals surface area contributed by atoms with E-state index in [0.29, 0.717) is 17.3 Å². The molecule has 2 unspecified atom stereocenters. The van der Waals surface area contributed by atoms with Crippen molar-refractivity contribution in [3.8, 4) is 5.75 Å². The summed E-state index contributed by atoms with van der Waals surface area (Å²) in [7, 11) is 0. The van der Waals surface area contributed by atoms with Crippen LogP contribution in [0.25, 0.3) is 0 Å². The zero-order valence-corrected chi connectivity index (χ0v) is 14.9. The predicted molar refractivity (Wildman–Crippen MR) is 98.7 cm³/mol. The van der Waals surface area contributed by atoms with Gasteiger partial charge in [-0.2, -0.15) is 0 Å². The molecular formula is C19H23ClN2O3. The lowest BCUT2D eigenvalue weighted by Gasteiger charge is -2.18. The Bertz CT molecular complexity index is 691. The number of carbonyl (C=O) groups excluding carboxylic acids is 1. The minimum atomic E-state index is -0.606. The van der Waals surface area contributed by atoms with E-state index in [1.54, 1.807) is 12.1 Å². The smallest absolute Gasteiger partial charge is 0.255 e. The van der Waals surface area contributed by atoms with Gasteiger partial charge in [0.05, 0.1) is 6.10 Å². The molecular weight excluding hydrogens is 340 g/mol. The van der Waals surface area contributed by atoms with E-state index in [4.69, 9.17) is 22.1 Å². The molecule has 0 aliphatic rings. The number of nitrogens with two attached hydrogens (primary N) is 1. The SMILES string of the molecule is CC(Cc1ccc(OCC(N)=O)cc1)NCC(O)c1cccc(Cl)c1. The number of hydrogen-bond acceptors (Lipinski definition) is 4. The van der Waals surface area contributed by atoms with E-state index in [9.17, 15) is 9.90 Å². The van der Waals surface area contributed by atoms with Gasteiger partial charge in [0.2, 0.25) is 0 Å². The van der Waals surface area contributed by atoms with Gasteiger partial charge in [0, 0.05) is 17.6 Å². The summed E-state index contributed by atoms with van der Waals surface area (Å²) in [5.74, 6) is 0.111. The fourth-order valence-electron chi connectivity index (χ4n) is 2.45. The first-order valence-corrected chi connectivity index (χ1v) is 8.49. The fourth-order valence-corrected chi connectivity index (χ4v) is 2.65. The number of nitrogens with one attached hydrogen (secondary N) is 1. The minimum absolute atomic E-state index is 0.126. The van der Waals surface area contributed by atoms with Crippen molar-refractivity contribution in [2.24, 2.45) is 5.73 Å². The summed E-state index contributed by atoms with van der Waals surface area (Å²) < 4.78 is 5.23. The lowest BCUT2D eigenvalue weighted by molar-refractivity contribution is -0.119. The second-order valence-electron chi connectivity index (χ2n) is 5.98. The van der Waals surface area contributed by atoms with Gasteiger partial charge in [-0.3, -0.25) is 4.79 Å². The lowest BCUT2D eigenvalue weighted by Crippen LogP contribution is -2.32. The third-order valence-electron chi connectivity index (χ3n) is 3.74. The summed E-state index contributed by atoms with van der Waals surface area (Å²) in [6.45, 7) is 2.38. The Kier molecular flexibility index (Phi) is 7.25.